The molecular weight excluding hydrogens is 361 g/mol. The first-order valence-electron chi connectivity index (χ1n) is 6.77. The van der Waals surface area contributed by atoms with Gasteiger partial charge in [0.1, 0.15) is 5.75 Å². The molecule has 0 saturated carbocycles. The lowest BCUT2D eigenvalue weighted by atomic mass is 10.1. The van der Waals surface area contributed by atoms with E-state index in [0.717, 1.165) is 18.4 Å². The molecule has 0 unspecified atom stereocenters. The van der Waals surface area contributed by atoms with Crippen molar-refractivity contribution in [3.05, 3.63) is 54.1 Å². The van der Waals surface area contributed by atoms with Crippen LogP contribution in [0.1, 0.15) is 10.4 Å². The van der Waals surface area contributed by atoms with Crippen molar-refractivity contribution in [2.45, 2.75) is 6.36 Å². The van der Waals surface area contributed by atoms with Gasteiger partial charge in [0.05, 0.1) is 17.5 Å². The van der Waals surface area contributed by atoms with Gasteiger partial charge < -0.3 is 10.1 Å². The number of ether oxygens (including phenoxy) is 1. The van der Waals surface area contributed by atoms with E-state index in [4.69, 9.17) is 0 Å². The third-order valence-corrected chi connectivity index (χ3v) is 3.38. The molecular formula is C15H13F3N2O4S. The van der Waals surface area contributed by atoms with Gasteiger partial charge in [-0.2, -0.15) is 0 Å². The summed E-state index contributed by atoms with van der Waals surface area (Å²) in [6, 6.07) is 10.5. The van der Waals surface area contributed by atoms with E-state index in [1.54, 1.807) is 0 Å². The molecule has 25 heavy (non-hydrogen) atoms. The summed E-state index contributed by atoms with van der Waals surface area (Å²) in [5.41, 5.74) is 0.112. The standard InChI is InChI=1S/C15H13F3N2O4S/c1-25(22,23)20-13-8-3-2-7-12(13)14(21)19-10-5-4-6-11(9-10)24-15(16,17)18/h2-9,20H,1H3,(H,19,21). The molecule has 2 aromatic carbocycles. The summed E-state index contributed by atoms with van der Waals surface area (Å²) in [7, 11) is -3.61. The number of sulfonamides is 1. The van der Waals surface area contributed by atoms with Gasteiger partial charge in [0.2, 0.25) is 10.0 Å². The number of nitrogens with one attached hydrogen (secondary N) is 2. The lowest BCUT2D eigenvalue weighted by molar-refractivity contribution is -0.274. The summed E-state index contributed by atoms with van der Waals surface area (Å²) in [6.07, 6.45) is -3.92. The summed E-state index contributed by atoms with van der Waals surface area (Å²) < 4.78 is 65.4. The van der Waals surface area contributed by atoms with Crippen LogP contribution in [0.3, 0.4) is 0 Å². The second-order valence-electron chi connectivity index (χ2n) is 4.95. The maximum atomic E-state index is 12.3. The molecule has 0 atom stereocenters. The first-order chi connectivity index (χ1) is 11.5. The van der Waals surface area contributed by atoms with Crippen molar-refractivity contribution >= 4 is 27.3 Å². The van der Waals surface area contributed by atoms with E-state index >= 15 is 0 Å². The van der Waals surface area contributed by atoms with Crippen molar-refractivity contribution in [3.63, 3.8) is 0 Å². The zero-order chi connectivity index (χ0) is 18.7. The van der Waals surface area contributed by atoms with Crippen LogP contribution < -0.4 is 14.8 Å². The van der Waals surface area contributed by atoms with Gasteiger partial charge in [-0.05, 0) is 24.3 Å². The van der Waals surface area contributed by atoms with Crippen LogP contribution in [0.5, 0.6) is 5.75 Å². The number of benzene rings is 2. The predicted molar refractivity (Wildman–Crippen MR) is 86.0 cm³/mol. The third kappa shape index (κ3) is 5.99. The summed E-state index contributed by atoms with van der Waals surface area (Å²) in [4.78, 5) is 12.3. The maximum Gasteiger partial charge on any atom is 0.573 e. The minimum absolute atomic E-state index is 0.00932. The Labute approximate surface area is 141 Å². The number of anilines is 2. The second kappa shape index (κ2) is 7.01. The third-order valence-electron chi connectivity index (χ3n) is 2.79. The lowest BCUT2D eigenvalue weighted by Crippen LogP contribution is -2.18. The van der Waals surface area contributed by atoms with Gasteiger partial charge in [-0.1, -0.05) is 18.2 Å². The molecule has 0 heterocycles. The number of alkyl halides is 3. The van der Waals surface area contributed by atoms with Crippen molar-refractivity contribution in [1.82, 2.24) is 0 Å². The molecule has 0 saturated heterocycles. The Bertz CT molecular complexity index is 882. The number of hydrogen-bond donors (Lipinski definition) is 2. The summed E-state index contributed by atoms with van der Waals surface area (Å²) in [5, 5.41) is 2.39. The number of halogens is 3. The Kier molecular flexibility index (Phi) is 5.21. The quantitative estimate of drug-likeness (QED) is 0.842. The van der Waals surface area contributed by atoms with Crippen LogP contribution in [0.4, 0.5) is 24.5 Å². The fourth-order valence-electron chi connectivity index (χ4n) is 1.94. The minimum atomic E-state index is -4.85. The van der Waals surface area contributed by atoms with Gasteiger partial charge in [-0.15, -0.1) is 13.2 Å². The monoisotopic (exact) mass is 374 g/mol. The first-order valence-corrected chi connectivity index (χ1v) is 8.67. The number of rotatable bonds is 5. The zero-order valence-electron chi connectivity index (χ0n) is 12.8. The molecule has 2 rings (SSSR count). The SMILES string of the molecule is CS(=O)(=O)Nc1ccccc1C(=O)Nc1cccc(OC(F)(F)F)c1. The van der Waals surface area contributed by atoms with Gasteiger partial charge in [0, 0.05) is 11.8 Å². The number of amides is 1. The van der Waals surface area contributed by atoms with Gasteiger partial charge >= 0.3 is 6.36 Å². The van der Waals surface area contributed by atoms with Crippen LogP contribution in [0.2, 0.25) is 0 Å². The molecule has 10 heteroatoms. The van der Waals surface area contributed by atoms with Gasteiger partial charge in [-0.3, -0.25) is 9.52 Å². The van der Waals surface area contributed by atoms with Crippen LogP contribution in [0, 0.1) is 0 Å². The largest absolute Gasteiger partial charge is 0.573 e. The maximum absolute atomic E-state index is 12.3. The van der Waals surface area contributed by atoms with Crippen LogP contribution in [0.15, 0.2) is 48.5 Å². The summed E-state index contributed by atoms with van der Waals surface area (Å²) in [6.45, 7) is 0. The Balaban J connectivity index is 2.22. The summed E-state index contributed by atoms with van der Waals surface area (Å²) >= 11 is 0. The van der Waals surface area contributed by atoms with Crippen molar-refractivity contribution in [1.29, 1.82) is 0 Å². The molecule has 134 valence electrons. The molecule has 2 N–H and O–H groups in total. The van der Waals surface area contributed by atoms with E-state index < -0.39 is 28.0 Å². The van der Waals surface area contributed by atoms with Crippen molar-refractivity contribution in [2.75, 3.05) is 16.3 Å². The molecule has 6 nitrogen and oxygen atoms in total. The summed E-state index contributed by atoms with van der Waals surface area (Å²) in [5.74, 6) is -1.19. The molecule has 0 spiro atoms. The number of para-hydroxylation sites is 1. The van der Waals surface area contributed by atoms with E-state index in [1.807, 2.05) is 0 Å². The fraction of sp³-hybridized carbons (Fsp3) is 0.133. The molecule has 0 radical (unpaired) electrons. The Morgan fingerprint density at radius 2 is 1.76 bits per heavy atom. The highest BCUT2D eigenvalue weighted by Gasteiger charge is 2.31. The number of carbonyl (C=O) groups excluding carboxylic acids is 1. The Hall–Kier alpha value is -2.75. The molecule has 2 aromatic rings. The molecule has 0 aliphatic rings. The normalized spacial score (nSPS) is 11.7. The predicted octanol–water partition coefficient (Wildman–Crippen LogP) is 3.21. The number of carbonyl (C=O) groups is 1. The van der Waals surface area contributed by atoms with E-state index in [9.17, 15) is 26.4 Å². The second-order valence-corrected chi connectivity index (χ2v) is 6.70. The van der Waals surface area contributed by atoms with Gasteiger partial charge in [0.25, 0.3) is 5.91 Å². The van der Waals surface area contributed by atoms with E-state index in [0.29, 0.717) is 0 Å². The Morgan fingerprint density at radius 1 is 1.08 bits per heavy atom. The van der Waals surface area contributed by atoms with E-state index in [-0.39, 0.29) is 16.9 Å². The van der Waals surface area contributed by atoms with E-state index in [1.165, 1.54) is 36.4 Å². The van der Waals surface area contributed by atoms with Crippen molar-refractivity contribution < 1.29 is 31.1 Å². The average Bonchev–Trinajstić information content (AvgIpc) is 2.44. The van der Waals surface area contributed by atoms with Crippen molar-refractivity contribution in [2.24, 2.45) is 0 Å². The first kappa shape index (κ1) is 18.6. The molecule has 0 aliphatic heterocycles. The minimum Gasteiger partial charge on any atom is -0.406 e. The number of hydrogen-bond acceptors (Lipinski definition) is 4. The average molecular weight is 374 g/mol. The molecule has 0 aromatic heterocycles. The van der Waals surface area contributed by atoms with Crippen molar-refractivity contribution in [3.8, 4) is 5.75 Å². The topological polar surface area (TPSA) is 84.5 Å². The molecule has 1 amide bonds. The lowest BCUT2D eigenvalue weighted by Gasteiger charge is -2.12. The van der Waals surface area contributed by atoms with Crippen LogP contribution in [-0.2, 0) is 10.0 Å². The highest BCUT2D eigenvalue weighted by Crippen LogP contribution is 2.26. The smallest absolute Gasteiger partial charge is 0.406 e. The van der Waals surface area contributed by atoms with Crippen LogP contribution in [-0.4, -0.2) is 26.9 Å². The van der Waals surface area contributed by atoms with Crippen LogP contribution >= 0.6 is 0 Å². The highest BCUT2D eigenvalue weighted by molar-refractivity contribution is 7.92. The molecule has 0 fully saturated rings. The molecule has 0 bridgehead atoms. The van der Waals surface area contributed by atoms with Gasteiger partial charge in [0.15, 0.2) is 0 Å². The Morgan fingerprint density at radius 3 is 2.40 bits per heavy atom. The van der Waals surface area contributed by atoms with Crippen LogP contribution in [0.25, 0.3) is 0 Å². The van der Waals surface area contributed by atoms with E-state index in [2.05, 4.69) is 14.8 Å². The highest BCUT2D eigenvalue weighted by atomic mass is 32.2. The zero-order valence-corrected chi connectivity index (χ0v) is 13.6. The molecule has 0 aliphatic carbocycles. The van der Waals surface area contributed by atoms with Gasteiger partial charge in [-0.25, -0.2) is 8.42 Å². The fourth-order valence-corrected chi connectivity index (χ4v) is 2.52.